The van der Waals surface area contributed by atoms with Crippen molar-refractivity contribution in [3.05, 3.63) is 0 Å². The molecular formula is C11H24Si. The van der Waals surface area contributed by atoms with E-state index in [-0.39, 0.29) is 0 Å². The van der Waals surface area contributed by atoms with Crippen molar-refractivity contribution in [3.63, 3.8) is 0 Å². The summed E-state index contributed by atoms with van der Waals surface area (Å²) < 4.78 is 0. The van der Waals surface area contributed by atoms with Crippen LogP contribution in [0.4, 0.5) is 0 Å². The molecule has 1 unspecified atom stereocenters. The second-order valence-corrected chi connectivity index (χ2v) is 5.30. The first-order valence-electron chi connectivity index (χ1n) is 5.51. The van der Waals surface area contributed by atoms with E-state index in [0.29, 0.717) is 9.13 Å². The molecule has 0 saturated carbocycles. The summed E-state index contributed by atoms with van der Waals surface area (Å²) in [6, 6.07) is 0. The van der Waals surface area contributed by atoms with Gasteiger partial charge in [-0.1, -0.05) is 52.9 Å². The van der Waals surface area contributed by atoms with Crippen LogP contribution in [0, 0.1) is 0 Å². The van der Waals surface area contributed by atoms with E-state index in [1.54, 1.807) is 0 Å². The third-order valence-electron chi connectivity index (χ3n) is 2.35. The summed E-state index contributed by atoms with van der Waals surface area (Å²) in [7, 11) is 0.641. The van der Waals surface area contributed by atoms with Crippen LogP contribution in [0.25, 0.3) is 0 Å². The smallest absolute Gasteiger partial charge is 0.00863 e. The first-order chi connectivity index (χ1) is 5.85. The lowest BCUT2D eigenvalue weighted by molar-refractivity contribution is 0.623. The van der Waals surface area contributed by atoms with E-state index in [9.17, 15) is 0 Å². The molecule has 0 spiro atoms. The van der Waals surface area contributed by atoms with Crippen LogP contribution in [0.15, 0.2) is 0 Å². The fraction of sp³-hybridized carbons (Fsp3) is 0.909. The molecule has 0 bridgehead atoms. The van der Waals surface area contributed by atoms with Crippen LogP contribution in [0.3, 0.4) is 0 Å². The normalized spacial score (nSPS) is 13.9. The molecule has 0 aromatic carbocycles. The summed E-state index contributed by atoms with van der Waals surface area (Å²) in [5.74, 6) is 0. The summed E-state index contributed by atoms with van der Waals surface area (Å²) >= 11 is 0. The van der Waals surface area contributed by atoms with Crippen molar-refractivity contribution in [1.29, 1.82) is 0 Å². The SMILES string of the molecule is CCC=[SiH]C(CC)CCCCC. The molecule has 1 atom stereocenters. The van der Waals surface area contributed by atoms with Crippen LogP contribution in [0.2, 0.25) is 5.54 Å². The average molecular weight is 184 g/mol. The second kappa shape index (κ2) is 9.18. The first-order valence-corrected chi connectivity index (χ1v) is 6.85. The lowest BCUT2D eigenvalue weighted by atomic mass is 10.1. The van der Waals surface area contributed by atoms with Gasteiger partial charge in [-0.3, -0.25) is 0 Å². The molecular weight excluding hydrogens is 160 g/mol. The minimum Gasteiger partial charge on any atom is -0.106 e. The zero-order valence-corrected chi connectivity index (χ0v) is 10.1. The fourth-order valence-corrected chi connectivity index (χ4v) is 2.78. The summed E-state index contributed by atoms with van der Waals surface area (Å²) in [5, 5.41) is 0. The maximum Gasteiger partial charge on any atom is -0.00863 e. The summed E-state index contributed by atoms with van der Waals surface area (Å²) in [4.78, 5) is 0. The monoisotopic (exact) mass is 184 g/mol. The highest BCUT2D eigenvalue weighted by atomic mass is 28.2. The molecule has 72 valence electrons. The molecule has 1 heteroatoms. The standard InChI is InChI=1S/C11H24Si/c1-4-7-8-9-11(6-3)12-10-5-2/h10-12H,4-9H2,1-3H3. The van der Waals surface area contributed by atoms with Gasteiger partial charge in [-0.2, -0.15) is 0 Å². The van der Waals surface area contributed by atoms with E-state index < -0.39 is 0 Å². The van der Waals surface area contributed by atoms with Gasteiger partial charge in [-0.05, 0) is 21.1 Å². The fourth-order valence-electron chi connectivity index (χ4n) is 1.42. The third-order valence-corrected chi connectivity index (χ3v) is 4.44. The Hall–Kier alpha value is 0.0869. The number of unbranched alkanes of at least 4 members (excludes halogenated alkanes) is 2. The van der Waals surface area contributed by atoms with Crippen LogP contribution >= 0.6 is 0 Å². The Labute approximate surface area is 80.2 Å². The molecule has 0 aromatic heterocycles. The van der Waals surface area contributed by atoms with Gasteiger partial charge in [-0.25, -0.2) is 0 Å². The second-order valence-electron chi connectivity index (χ2n) is 3.50. The summed E-state index contributed by atoms with van der Waals surface area (Å²) in [5.41, 5.74) is 3.57. The largest absolute Gasteiger partial charge is 0.106 e. The van der Waals surface area contributed by atoms with Crippen molar-refractivity contribution < 1.29 is 0 Å². The Bertz CT molecular complexity index is 108. The molecule has 12 heavy (non-hydrogen) atoms. The van der Waals surface area contributed by atoms with Crippen LogP contribution in [-0.2, 0) is 0 Å². The highest BCUT2D eigenvalue weighted by molar-refractivity contribution is 6.48. The minimum atomic E-state index is 0.641. The van der Waals surface area contributed by atoms with E-state index in [1.165, 1.54) is 38.5 Å². The van der Waals surface area contributed by atoms with Gasteiger partial charge >= 0.3 is 0 Å². The van der Waals surface area contributed by atoms with Crippen molar-refractivity contribution >= 4 is 14.8 Å². The Morgan fingerprint density at radius 3 is 2.42 bits per heavy atom. The van der Waals surface area contributed by atoms with Gasteiger partial charge in [0, 0.05) is 0 Å². The van der Waals surface area contributed by atoms with Crippen LogP contribution in [0.1, 0.15) is 59.3 Å². The predicted octanol–water partition coefficient (Wildman–Crippen LogP) is 3.41. The molecule has 0 N–H and O–H groups in total. The average Bonchev–Trinajstić information content (AvgIpc) is 2.11. The van der Waals surface area contributed by atoms with Crippen molar-refractivity contribution in [2.45, 2.75) is 64.8 Å². The molecule has 0 saturated heterocycles. The van der Waals surface area contributed by atoms with E-state index >= 15 is 0 Å². The first kappa shape index (κ1) is 12.1. The van der Waals surface area contributed by atoms with Gasteiger partial charge in [0.25, 0.3) is 0 Å². The van der Waals surface area contributed by atoms with Crippen molar-refractivity contribution in [2.75, 3.05) is 0 Å². The number of hydrogen-bond donors (Lipinski definition) is 0. The Balaban J connectivity index is 3.46. The highest BCUT2D eigenvalue weighted by Crippen LogP contribution is 2.15. The minimum absolute atomic E-state index is 0.641. The topological polar surface area (TPSA) is 0 Å². The van der Waals surface area contributed by atoms with Crippen molar-refractivity contribution in [1.82, 2.24) is 0 Å². The third kappa shape index (κ3) is 6.78. The van der Waals surface area contributed by atoms with Crippen molar-refractivity contribution in [2.24, 2.45) is 0 Å². The van der Waals surface area contributed by atoms with E-state index in [2.05, 4.69) is 26.4 Å². The quantitative estimate of drug-likeness (QED) is 0.420. The van der Waals surface area contributed by atoms with Gasteiger partial charge in [-0.15, -0.1) is 5.67 Å². The highest BCUT2D eigenvalue weighted by Gasteiger charge is 2.00. The summed E-state index contributed by atoms with van der Waals surface area (Å²) in [6.45, 7) is 6.88. The Kier molecular flexibility index (Phi) is 9.24. The van der Waals surface area contributed by atoms with Crippen LogP contribution in [-0.4, -0.2) is 14.8 Å². The molecule has 0 radical (unpaired) electrons. The van der Waals surface area contributed by atoms with Gasteiger partial charge in [0.15, 0.2) is 0 Å². The van der Waals surface area contributed by atoms with Gasteiger partial charge in [0.2, 0.25) is 0 Å². The van der Waals surface area contributed by atoms with E-state index in [0.717, 1.165) is 5.54 Å². The molecule has 0 aliphatic heterocycles. The molecule has 0 heterocycles. The molecule has 0 aliphatic carbocycles. The zero-order chi connectivity index (χ0) is 9.23. The van der Waals surface area contributed by atoms with Gasteiger partial charge in [0.05, 0.1) is 0 Å². The van der Waals surface area contributed by atoms with E-state index in [4.69, 9.17) is 0 Å². The number of rotatable bonds is 7. The zero-order valence-electron chi connectivity index (χ0n) is 8.97. The molecule has 0 fully saturated rings. The van der Waals surface area contributed by atoms with E-state index in [1.807, 2.05) is 0 Å². The lowest BCUT2D eigenvalue weighted by Crippen LogP contribution is -1.97. The Morgan fingerprint density at radius 2 is 1.92 bits per heavy atom. The number of hydrogen-bond acceptors (Lipinski definition) is 0. The van der Waals surface area contributed by atoms with Crippen LogP contribution in [0.5, 0.6) is 0 Å². The molecule has 0 amide bonds. The van der Waals surface area contributed by atoms with Crippen LogP contribution < -0.4 is 0 Å². The molecule has 0 aromatic rings. The lowest BCUT2D eigenvalue weighted by Gasteiger charge is -2.08. The predicted molar refractivity (Wildman–Crippen MR) is 61.7 cm³/mol. The Morgan fingerprint density at radius 1 is 1.17 bits per heavy atom. The van der Waals surface area contributed by atoms with Gasteiger partial charge < -0.3 is 0 Å². The maximum absolute atomic E-state index is 2.51. The van der Waals surface area contributed by atoms with Gasteiger partial charge in [0.1, 0.15) is 0 Å². The summed E-state index contributed by atoms with van der Waals surface area (Å²) in [6.07, 6.45) is 8.41. The molecule has 0 nitrogen and oxygen atoms in total. The maximum atomic E-state index is 2.51. The van der Waals surface area contributed by atoms with Crippen molar-refractivity contribution in [3.8, 4) is 0 Å². The molecule has 0 rings (SSSR count). The molecule has 0 aliphatic rings.